The number of rotatable bonds is 7. The summed E-state index contributed by atoms with van der Waals surface area (Å²) in [5.74, 6) is -0.785. The third-order valence-electron chi connectivity index (χ3n) is 2.62. The lowest BCUT2D eigenvalue weighted by Gasteiger charge is -2.21. The van der Waals surface area contributed by atoms with Crippen molar-refractivity contribution in [3.63, 3.8) is 0 Å². The van der Waals surface area contributed by atoms with Gasteiger partial charge in [-0.25, -0.2) is 8.78 Å². The summed E-state index contributed by atoms with van der Waals surface area (Å²) >= 11 is 5.47. The Morgan fingerprint density at radius 3 is 2.67 bits per heavy atom. The van der Waals surface area contributed by atoms with Gasteiger partial charge in [-0.2, -0.15) is 0 Å². The molecule has 0 aliphatic heterocycles. The average Bonchev–Trinajstić information content (AvgIpc) is 2.44. The van der Waals surface area contributed by atoms with Crippen molar-refractivity contribution in [3.05, 3.63) is 33.9 Å². The predicted molar refractivity (Wildman–Crippen MR) is 72.3 cm³/mol. The lowest BCUT2D eigenvalue weighted by atomic mass is 10.1. The van der Waals surface area contributed by atoms with E-state index in [2.05, 4.69) is 0 Å². The first kappa shape index (κ1) is 17.1. The van der Waals surface area contributed by atoms with Crippen LogP contribution in [-0.4, -0.2) is 48.2 Å². The molecule has 1 rings (SSSR count). The smallest absolute Gasteiger partial charge is 0.311 e. The highest BCUT2D eigenvalue weighted by molar-refractivity contribution is 6.18. The Kier molecular flexibility index (Phi) is 6.29. The van der Waals surface area contributed by atoms with Gasteiger partial charge in [0.1, 0.15) is 0 Å². The summed E-state index contributed by atoms with van der Waals surface area (Å²) in [5, 5.41) is 10.9. The quantitative estimate of drug-likeness (QED) is 0.439. The molecule has 21 heavy (non-hydrogen) atoms. The fraction of sp³-hybridized carbons (Fsp3) is 0.417. The van der Waals surface area contributed by atoms with Crippen LogP contribution in [0.25, 0.3) is 0 Å². The van der Waals surface area contributed by atoms with E-state index in [-0.39, 0.29) is 23.7 Å². The van der Waals surface area contributed by atoms with Gasteiger partial charge in [0.15, 0.2) is 5.75 Å². The molecule has 1 aromatic rings. The normalized spacial score (nSPS) is 10.5. The Morgan fingerprint density at radius 1 is 1.52 bits per heavy atom. The Labute approximate surface area is 124 Å². The summed E-state index contributed by atoms with van der Waals surface area (Å²) in [6.07, 6.45) is -2.72. The number of hydrogen-bond acceptors (Lipinski definition) is 4. The van der Waals surface area contributed by atoms with Crippen molar-refractivity contribution in [2.75, 3.05) is 26.1 Å². The van der Waals surface area contributed by atoms with Crippen LogP contribution in [0.3, 0.4) is 0 Å². The average molecular weight is 323 g/mol. The van der Waals surface area contributed by atoms with E-state index in [1.54, 1.807) is 0 Å². The summed E-state index contributed by atoms with van der Waals surface area (Å²) < 4.78 is 29.7. The van der Waals surface area contributed by atoms with E-state index in [1.165, 1.54) is 19.2 Å². The number of benzene rings is 1. The summed E-state index contributed by atoms with van der Waals surface area (Å²) in [5.41, 5.74) is -0.487. The van der Waals surface area contributed by atoms with Crippen LogP contribution >= 0.6 is 11.6 Å². The topological polar surface area (TPSA) is 72.7 Å². The van der Waals surface area contributed by atoms with Crippen LogP contribution in [0.2, 0.25) is 0 Å². The molecule has 0 atom stereocenters. The summed E-state index contributed by atoms with van der Waals surface area (Å²) in [6, 6.07) is 3.52. The number of alkyl halides is 3. The first-order valence-corrected chi connectivity index (χ1v) is 6.40. The third-order valence-corrected chi connectivity index (χ3v) is 2.79. The maximum absolute atomic E-state index is 12.4. The van der Waals surface area contributed by atoms with Crippen LogP contribution < -0.4 is 4.74 Å². The van der Waals surface area contributed by atoms with E-state index in [1.807, 2.05) is 0 Å². The number of carbonyl (C=O) groups excluding carboxylic acids is 1. The molecule has 0 saturated carbocycles. The lowest BCUT2D eigenvalue weighted by molar-refractivity contribution is -0.385. The van der Waals surface area contributed by atoms with Gasteiger partial charge >= 0.3 is 5.69 Å². The second-order valence-corrected chi connectivity index (χ2v) is 4.35. The zero-order chi connectivity index (χ0) is 16.0. The molecule has 0 heterocycles. The van der Waals surface area contributed by atoms with Gasteiger partial charge in [0.2, 0.25) is 0 Å². The molecule has 6 nitrogen and oxygen atoms in total. The van der Waals surface area contributed by atoms with Gasteiger partial charge in [-0.3, -0.25) is 14.9 Å². The molecule has 0 saturated heterocycles. The fourth-order valence-corrected chi connectivity index (χ4v) is 1.90. The molecule has 9 heteroatoms. The Balaban J connectivity index is 3.10. The van der Waals surface area contributed by atoms with E-state index in [0.29, 0.717) is 0 Å². The molecule has 0 aliphatic rings. The van der Waals surface area contributed by atoms with Crippen molar-refractivity contribution in [1.82, 2.24) is 4.90 Å². The van der Waals surface area contributed by atoms with Crippen molar-refractivity contribution in [2.24, 2.45) is 0 Å². The molecule has 0 fully saturated rings. The van der Waals surface area contributed by atoms with Crippen LogP contribution in [0, 0.1) is 10.1 Å². The predicted octanol–water partition coefficient (Wildman–Crippen LogP) is 2.55. The van der Waals surface area contributed by atoms with Gasteiger partial charge in [0, 0.05) is 24.1 Å². The van der Waals surface area contributed by atoms with Crippen molar-refractivity contribution in [2.45, 2.75) is 6.43 Å². The van der Waals surface area contributed by atoms with E-state index >= 15 is 0 Å². The molecule has 0 aromatic heterocycles. The number of hydrogen-bond donors (Lipinski definition) is 0. The summed E-state index contributed by atoms with van der Waals surface area (Å²) in [6.45, 7) is -0.865. The van der Waals surface area contributed by atoms with Crippen LogP contribution in [-0.2, 0) is 0 Å². The van der Waals surface area contributed by atoms with Gasteiger partial charge in [-0.1, -0.05) is 0 Å². The molecule has 0 N–H and O–H groups in total. The van der Waals surface area contributed by atoms with Crippen LogP contribution in [0.5, 0.6) is 5.75 Å². The number of nitrogens with zero attached hydrogens (tertiary/aromatic N) is 2. The van der Waals surface area contributed by atoms with Crippen molar-refractivity contribution in [3.8, 4) is 5.75 Å². The van der Waals surface area contributed by atoms with Crippen molar-refractivity contribution < 1.29 is 23.2 Å². The van der Waals surface area contributed by atoms with Crippen molar-refractivity contribution >= 4 is 23.2 Å². The third kappa shape index (κ3) is 4.52. The Bertz CT molecular complexity index is 528. The zero-order valence-corrected chi connectivity index (χ0v) is 11.8. The van der Waals surface area contributed by atoms with E-state index in [9.17, 15) is 23.7 Å². The highest BCUT2D eigenvalue weighted by atomic mass is 35.5. The van der Waals surface area contributed by atoms with Crippen LogP contribution in [0.15, 0.2) is 18.2 Å². The van der Waals surface area contributed by atoms with E-state index in [0.717, 1.165) is 11.0 Å². The molecule has 0 unspecified atom stereocenters. The molecule has 1 amide bonds. The van der Waals surface area contributed by atoms with Crippen LogP contribution in [0.1, 0.15) is 10.4 Å². The minimum Gasteiger partial charge on any atom is -0.490 e. The van der Waals surface area contributed by atoms with Crippen molar-refractivity contribution in [1.29, 1.82) is 0 Å². The van der Waals surface area contributed by atoms with Gasteiger partial charge < -0.3 is 9.64 Å². The van der Waals surface area contributed by atoms with Gasteiger partial charge in [0.25, 0.3) is 12.3 Å². The summed E-state index contributed by atoms with van der Waals surface area (Å²) in [4.78, 5) is 23.1. The second-order valence-electron chi connectivity index (χ2n) is 3.97. The summed E-state index contributed by atoms with van der Waals surface area (Å²) in [7, 11) is 1.25. The number of nitro benzene ring substituents is 1. The maximum Gasteiger partial charge on any atom is 0.311 e. The lowest BCUT2D eigenvalue weighted by Crippen LogP contribution is -2.36. The molecule has 0 bridgehead atoms. The minimum absolute atomic E-state index is 0.0172. The van der Waals surface area contributed by atoms with Gasteiger partial charge in [-0.15, -0.1) is 11.6 Å². The Morgan fingerprint density at radius 2 is 2.19 bits per heavy atom. The van der Waals surface area contributed by atoms with Crippen LogP contribution in [0.4, 0.5) is 14.5 Å². The molecule has 0 aliphatic carbocycles. The first-order valence-electron chi connectivity index (χ1n) is 5.86. The largest absolute Gasteiger partial charge is 0.490 e. The molecule has 1 aromatic carbocycles. The second kappa shape index (κ2) is 7.72. The standard InChI is InChI=1S/C12H13ClF2N2O4/c1-21-10-3-2-8(6-9(10)17(19)20)12(18)16(5-4-13)7-11(14)15/h2-3,6,11H,4-5,7H2,1H3. The first-order chi connectivity index (χ1) is 9.90. The van der Waals surface area contributed by atoms with Gasteiger partial charge in [0.05, 0.1) is 18.6 Å². The number of methoxy groups -OCH3 is 1. The monoisotopic (exact) mass is 322 g/mol. The molecule has 116 valence electrons. The minimum atomic E-state index is -2.72. The zero-order valence-electron chi connectivity index (χ0n) is 11.1. The number of nitro groups is 1. The molecule has 0 spiro atoms. The number of carbonyl (C=O) groups is 1. The van der Waals surface area contributed by atoms with Gasteiger partial charge in [-0.05, 0) is 12.1 Å². The molecular weight excluding hydrogens is 310 g/mol. The highest BCUT2D eigenvalue weighted by Crippen LogP contribution is 2.28. The van der Waals surface area contributed by atoms with E-state index < -0.39 is 29.5 Å². The fourth-order valence-electron chi connectivity index (χ4n) is 1.69. The maximum atomic E-state index is 12.4. The molecule has 0 radical (unpaired) electrons. The SMILES string of the molecule is COc1ccc(C(=O)N(CCCl)CC(F)F)cc1[N+](=O)[O-]. The van der Waals surface area contributed by atoms with E-state index in [4.69, 9.17) is 16.3 Å². The number of halogens is 3. The number of amides is 1. The number of ether oxygens (including phenoxy) is 1. The highest BCUT2D eigenvalue weighted by Gasteiger charge is 2.23. The Hall–Kier alpha value is -1.96. The molecular formula is C12H13ClF2N2O4.